The van der Waals surface area contributed by atoms with Gasteiger partial charge in [0.25, 0.3) is 0 Å². The molecule has 6 aromatic rings. The van der Waals surface area contributed by atoms with Gasteiger partial charge in [-0.1, -0.05) is 93.9 Å². The Balaban J connectivity index is 1.06. The van der Waals surface area contributed by atoms with Crippen LogP contribution in [0.1, 0.15) is 71.4 Å². The number of anilines is 1. The quantitative estimate of drug-likeness (QED) is 0.121. The summed E-state index contributed by atoms with van der Waals surface area (Å²) < 4.78 is 12.2. The molecule has 4 heteroatoms. The predicted octanol–water partition coefficient (Wildman–Crippen LogP) is 11.0. The van der Waals surface area contributed by atoms with Crippen LogP contribution in [0.25, 0.3) is 0 Å². The first-order valence-corrected chi connectivity index (χ1v) is 16.2. The number of hydrogen-bond donors (Lipinski definition) is 1. The van der Waals surface area contributed by atoms with E-state index in [1.807, 2.05) is 60.7 Å². The Morgan fingerprint density at radius 2 is 0.708 bits per heavy atom. The van der Waals surface area contributed by atoms with Gasteiger partial charge in [-0.3, -0.25) is 4.79 Å². The van der Waals surface area contributed by atoms with E-state index in [4.69, 9.17) is 15.2 Å². The van der Waals surface area contributed by atoms with Crippen molar-refractivity contribution in [2.24, 2.45) is 0 Å². The molecule has 0 bridgehead atoms. The summed E-state index contributed by atoms with van der Waals surface area (Å²) in [6.07, 6.45) is 0. The van der Waals surface area contributed by atoms with Crippen LogP contribution in [0.5, 0.6) is 23.0 Å². The summed E-state index contributed by atoms with van der Waals surface area (Å²) in [6, 6.07) is 47.5. The van der Waals surface area contributed by atoms with Gasteiger partial charge in [-0.15, -0.1) is 0 Å². The smallest absolute Gasteiger partial charge is 0.193 e. The maximum atomic E-state index is 13.2. The van der Waals surface area contributed by atoms with Gasteiger partial charge in [0, 0.05) is 27.6 Å². The second-order valence-electron chi connectivity index (χ2n) is 13.4. The van der Waals surface area contributed by atoms with Crippen molar-refractivity contribution < 1.29 is 14.3 Å². The lowest BCUT2D eigenvalue weighted by Gasteiger charge is -2.26. The number of nitrogens with two attached hydrogens (primary N) is 1. The summed E-state index contributed by atoms with van der Waals surface area (Å²) in [5.41, 5.74) is 13.6. The van der Waals surface area contributed by atoms with Crippen LogP contribution in [-0.4, -0.2) is 5.78 Å². The van der Waals surface area contributed by atoms with E-state index in [-0.39, 0.29) is 16.6 Å². The first kappa shape index (κ1) is 32.3. The molecule has 0 aromatic heterocycles. The van der Waals surface area contributed by atoms with Crippen LogP contribution in [0.4, 0.5) is 5.69 Å². The number of carbonyl (C=O) groups excluding carboxylic acids is 1. The van der Waals surface area contributed by atoms with Gasteiger partial charge in [0.2, 0.25) is 0 Å². The minimum absolute atomic E-state index is 0.0648. The maximum Gasteiger partial charge on any atom is 0.193 e. The summed E-state index contributed by atoms with van der Waals surface area (Å²) >= 11 is 0. The summed E-state index contributed by atoms with van der Waals surface area (Å²) in [5, 5.41) is 0. The molecule has 0 atom stereocenters. The number of ketones is 1. The van der Waals surface area contributed by atoms with E-state index < -0.39 is 0 Å². The van der Waals surface area contributed by atoms with E-state index >= 15 is 0 Å². The zero-order valence-corrected chi connectivity index (χ0v) is 28.2. The molecule has 0 amide bonds. The first-order valence-electron chi connectivity index (χ1n) is 16.2. The predicted molar refractivity (Wildman–Crippen MR) is 196 cm³/mol. The Bertz CT molecular complexity index is 1840. The van der Waals surface area contributed by atoms with Gasteiger partial charge in [-0.2, -0.15) is 0 Å². The number of rotatable bonds is 10. The molecule has 0 aliphatic heterocycles. The Kier molecular flexibility index (Phi) is 8.92. The summed E-state index contributed by atoms with van der Waals surface area (Å²) in [7, 11) is 0. The van der Waals surface area contributed by atoms with Crippen LogP contribution in [0.2, 0.25) is 0 Å². The molecule has 0 aliphatic carbocycles. The van der Waals surface area contributed by atoms with Crippen molar-refractivity contribution in [2.75, 3.05) is 5.73 Å². The highest BCUT2D eigenvalue weighted by Gasteiger charge is 2.24. The molecular formula is C44H41NO3. The van der Waals surface area contributed by atoms with Crippen molar-refractivity contribution in [1.29, 1.82) is 0 Å². The van der Waals surface area contributed by atoms with E-state index in [0.717, 1.165) is 17.2 Å². The molecule has 0 unspecified atom stereocenters. The second-order valence-corrected chi connectivity index (χ2v) is 13.4. The molecule has 0 saturated carbocycles. The first-order chi connectivity index (χ1) is 23.0. The van der Waals surface area contributed by atoms with Crippen LogP contribution in [0.3, 0.4) is 0 Å². The topological polar surface area (TPSA) is 61.5 Å². The Hall–Kier alpha value is -5.61. The average molecular weight is 632 g/mol. The molecule has 6 rings (SSSR count). The number of hydrogen-bond acceptors (Lipinski definition) is 4. The van der Waals surface area contributed by atoms with Crippen molar-refractivity contribution in [3.63, 3.8) is 0 Å². The van der Waals surface area contributed by atoms with Gasteiger partial charge < -0.3 is 15.2 Å². The molecule has 0 saturated heterocycles. The van der Waals surface area contributed by atoms with Crippen LogP contribution in [0.15, 0.2) is 146 Å². The minimum atomic E-state index is -0.177. The van der Waals surface area contributed by atoms with E-state index in [1.54, 1.807) is 24.3 Å². The normalized spacial score (nSPS) is 11.6. The molecule has 4 nitrogen and oxygen atoms in total. The summed E-state index contributed by atoms with van der Waals surface area (Å²) in [4.78, 5) is 13.2. The van der Waals surface area contributed by atoms with E-state index in [1.165, 1.54) is 27.8 Å². The van der Waals surface area contributed by atoms with Gasteiger partial charge in [-0.05, 0) is 114 Å². The number of nitrogen functional groups attached to an aromatic ring is 1. The van der Waals surface area contributed by atoms with Crippen molar-refractivity contribution in [3.05, 3.63) is 185 Å². The molecular weight excluding hydrogens is 590 g/mol. The maximum absolute atomic E-state index is 13.2. The molecule has 2 N–H and O–H groups in total. The lowest BCUT2D eigenvalue weighted by molar-refractivity contribution is 0.103. The fraction of sp³-hybridized carbons (Fsp3) is 0.159. The van der Waals surface area contributed by atoms with E-state index in [9.17, 15) is 4.79 Å². The van der Waals surface area contributed by atoms with Crippen LogP contribution in [-0.2, 0) is 10.8 Å². The Morgan fingerprint density at radius 3 is 1.04 bits per heavy atom. The molecule has 0 spiro atoms. The lowest BCUT2D eigenvalue weighted by atomic mass is 9.78. The summed E-state index contributed by atoms with van der Waals surface area (Å²) in [6.45, 7) is 10.9. The number of ether oxygens (including phenoxy) is 2. The Morgan fingerprint density at radius 1 is 0.438 bits per heavy atom. The molecule has 6 aromatic carbocycles. The van der Waals surface area contributed by atoms with Gasteiger partial charge >= 0.3 is 0 Å². The number of aryl methyl sites for hydroxylation is 1. The Labute approximate surface area is 283 Å². The highest BCUT2D eigenvalue weighted by Crippen LogP contribution is 2.35. The average Bonchev–Trinajstić information content (AvgIpc) is 3.09. The third-order valence-electron chi connectivity index (χ3n) is 9.26. The fourth-order valence-electron chi connectivity index (χ4n) is 5.87. The standard InChI is InChI=1S/C44H41NO3/c1-30-6-12-33(13-7-30)43(2,3)35-16-26-40(27-17-35)47-38-22-8-31(9-23-38)42(46)32-10-24-39(25-11-32)48-41-28-18-36(19-29-41)44(4,5)34-14-20-37(45)21-15-34/h6-29H,45H2,1-5H3. The molecule has 0 aliphatic rings. The van der Waals surface area contributed by atoms with Crippen molar-refractivity contribution >= 4 is 11.5 Å². The van der Waals surface area contributed by atoms with Crippen molar-refractivity contribution in [1.82, 2.24) is 0 Å². The third kappa shape index (κ3) is 7.03. The second kappa shape index (κ2) is 13.2. The van der Waals surface area contributed by atoms with Gasteiger partial charge in [-0.25, -0.2) is 0 Å². The van der Waals surface area contributed by atoms with Gasteiger partial charge in [0.1, 0.15) is 23.0 Å². The highest BCUT2D eigenvalue weighted by molar-refractivity contribution is 6.09. The fourth-order valence-corrected chi connectivity index (χ4v) is 5.87. The number of benzene rings is 6. The molecule has 0 radical (unpaired) electrons. The molecule has 48 heavy (non-hydrogen) atoms. The van der Waals surface area contributed by atoms with Crippen molar-refractivity contribution in [2.45, 2.75) is 45.4 Å². The van der Waals surface area contributed by atoms with E-state index in [2.05, 4.69) is 95.3 Å². The highest BCUT2D eigenvalue weighted by atomic mass is 16.5. The molecule has 240 valence electrons. The van der Waals surface area contributed by atoms with Crippen LogP contribution in [0, 0.1) is 6.92 Å². The van der Waals surface area contributed by atoms with E-state index in [0.29, 0.717) is 22.6 Å². The third-order valence-corrected chi connectivity index (χ3v) is 9.26. The SMILES string of the molecule is Cc1ccc(C(C)(C)c2ccc(Oc3ccc(C(=O)c4ccc(Oc5ccc(C(C)(C)c6ccc(N)cc6)cc5)cc4)cc3)cc2)cc1. The monoisotopic (exact) mass is 631 g/mol. The minimum Gasteiger partial charge on any atom is -0.457 e. The number of carbonyl (C=O) groups is 1. The largest absolute Gasteiger partial charge is 0.457 e. The molecule has 0 fully saturated rings. The zero-order chi connectivity index (χ0) is 33.9. The van der Waals surface area contributed by atoms with Crippen LogP contribution >= 0.6 is 0 Å². The van der Waals surface area contributed by atoms with Crippen LogP contribution < -0.4 is 15.2 Å². The molecule has 0 heterocycles. The van der Waals surface area contributed by atoms with Gasteiger partial charge in [0.15, 0.2) is 5.78 Å². The lowest BCUT2D eigenvalue weighted by Crippen LogP contribution is -2.18. The zero-order valence-electron chi connectivity index (χ0n) is 28.2. The van der Waals surface area contributed by atoms with Crippen molar-refractivity contribution in [3.8, 4) is 23.0 Å². The van der Waals surface area contributed by atoms with Gasteiger partial charge in [0.05, 0.1) is 0 Å². The summed E-state index contributed by atoms with van der Waals surface area (Å²) in [5.74, 6) is 2.74.